The molecule has 1 aliphatic heterocycles. The van der Waals surface area contributed by atoms with Crippen molar-refractivity contribution in [3.63, 3.8) is 0 Å². The third-order valence-corrected chi connectivity index (χ3v) is 2.49. The van der Waals surface area contributed by atoms with Crippen molar-refractivity contribution in [3.8, 4) is 0 Å². The molecule has 0 bridgehead atoms. The maximum absolute atomic E-state index is 12.5. The van der Waals surface area contributed by atoms with Gasteiger partial charge in [0.05, 0.1) is 0 Å². The highest BCUT2D eigenvalue weighted by Gasteiger charge is 2.56. The van der Waals surface area contributed by atoms with Crippen LogP contribution in [0.25, 0.3) is 0 Å². The molecule has 0 aromatic rings. The molecule has 2 nitrogen and oxygen atoms in total. The minimum absolute atomic E-state index is 0.143. The van der Waals surface area contributed by atoms with Crippen LogP contribution in [-0.4, -0.2) is 31.6 Å². The molecule has 0 amide bonds. The average molecular weight is 262 g/mol. The zero-order valence-corrected chi connectivity index (χ0v) is 9.23. The van der Waals surface area contributed by atoms with E-state index in [1.807, 2.05) is 0 Å². The van der Waals surface area contributed by atoms with Crippen LogP contribution in [0.5, 0.6) is 0 Å². The minimum Gasteiger partial charge on any atom is -0.353 e. The molecule has 1 heterocycles. The summed E-state index contributed by atoms with van der Waals surface area (Å²) >= 11 is 0. The predicted molar refractivity (Wildman–Crippen MR) is 49.8 cm³/mol. The molecule has 1 atom stereocenters. The predicted octanol–water partition coefficient (Wildman–Crippen LogP) is 3.51. The van der Waals surface area contributed by atoms with Gasteiger partial charge in [-0.2, -0.15) is 22.0 Å². The third kappa shape index (κ3) is 4.75. The van der Waals surface area contributed by atoms with Gasteiger partial charge < -0.3 is 9.47 Å². The second-order valence-corrected chi connectivity index (χ2v) is 3.97. The van der Waals surface area contributed by atoms with Crippen LogP contribution in [0.3, 0.4) is 0 Å². The van der Waals surface area contributed by atoms with Crippen molar-refractivity contribution in [3.05, 3.63) is 0 Å². The first-order chi connectivity index (χ1) is 7.83. The summed E-state index contributed by atoms with van der Waals surface area (Å²) < 4.78 is 70.6. The van der Waals surface area contributed by atoms with Gasteiger partial charge in [0, 0.05) is 19.6 Å². The maximum atomic E-state index is 12.5. The van der Waals surface area contributed by atoms with E-state index in [0.717, 1.165) is 12.8 Å². The number of hydrogen-bond donors (Lipinski definition) is 0. The summed E-state index contributed by atoms with van der Waals surface area (Å²) in [5, 5.41) is 0. The number of rotatable bonds is 5. The molecule has 0 saturated carbocycles. The van der Waals surface area contributed by atoms with Crippen LogP contribution in [0, 0.1) is 0 Å². The Labute approximate surface area is 96.1 Å². The molecule has 1 unspecified atom stereocenters. The van der Waals surface area contributed by atoms with Gasteiger partial charge in [0.25, 0.3) is 0 Å². The highest BCUT2D eigenvalue weighted by atomic mass is 19.4. The van der Waals surface area contributed by atoms with Crippen LogP contribution in [-0.2, 0) is 9.47 Å². The number of ether oxygens (including phenoxy) is 2. The molecular formula is C10H15F5O2. The summed E-state index contributed by atoms with van der Waals surface area (Å²) in [5.74, 6) is -4.64. The van der Waals surface area contributed by atoms with Crippen molar-refractivity contribution in [1.29, 1.82) is 0 Å². The zero-order valence-electron chi connectivity index (χ0n) is 9.23. The van der Waals surface area contributed by atoms with E-state index >= 15 is 0 Å². The molecule has 102 valence electrons. The number of hydrogen-bond acceptors (Lipinski definition) is 2. The van der Waals surface area contributed by atoms with Crippen molar-refractivity contribution in [2.75, 3.05) is 13.2 Å². The summed E-state index contributed by atoms with van der Waals surface area (Å²) in [5.41, 5.74) is 0. The topological polar surface area (TPSA) is 18.5 Å². The SMILES string of the molecule is FC(F)(F)C(F)(F)CCCOC1CCCCO1. The Morgan fingerprint density at radius 1 is 1.12 bits per heavy atom. The highest BCUT2D eigenvalue weighted by Crippen LogP contribution is 2.38. The van der Waals surface area contributed by atoms with E-state index in [-0.39, 0.29) is 13.0 Å². The molecule has 1 saturated heterocycles. The molecule has 1 fully saturated rings. The second kappa shape index (κ2) is 5.95. The Morgan fingerprint density at radius 2 is 1.82 bits per heavy atom. The van der Waals surface area contributed by atoms with Crippen LogP contribution in [0.1, 0.15) is 32.1 Å². The van der Waals surface area contributed by atoms with E-state index in [2.05, 4.69) is 0 Å². The molecule has 1 aliphatic rings. The van der Waals surface area contributed by atoms with Crippen LogP contribution in [0.4, 0.5) is 22.0 Å². The van der Waals surface area contributed by atoms with E-state index in [1.165, 1.54) is 0 Å². The molecule has 0 radical (unpaired) electrons. The van der Waals surface area contributed by atoms with Crippen molar-refractivity contribution in [2.24, 2.45) is 0 Å². The lowest BCUT2D eigenvalue weighted by Crippen LogP contribution is -2.36. The Balaban J connectivity index is 2.15. The molecule has 1 rings (SSSR count). The standard InChI is InChI=1S/C10H15F5O2/c11-9(12,10(13,14)15)5-3-7-17-8-4-1-2-6-16-8/h8H,1-7H2. The Hall–Kier alpha value is -0.430. The van der Waals surface area contributed by atoms with Gasteiger partial charge in [0.15, 0.2) is 6.29 Å². The first-order valence-corrected chi connectivity index (χ1v) is 5.51. The van der Waals surface area contributed by atoms with E-state index in [0.29, 0.717) is 13.0 Å². The van der Waals surface area contributed by atoms with E-state index in [1.54, 1.807) is 0 Å². The Kier molecular flexibility index (Phi) is 5.12. The fourth-order valence-electron chi connectivity index (χ4n) is 1.49. The van der Waals surface area contributed by atoms with Gasteiger partial charge in [-0.15, -0.1) is 0 Å². The lowest BCUT2D eigenvalue weighted by molar-refractivity contribution is -0.285. The van der Waals surface area contributed by atoms with Gasteiger partial charge in [-0.3, -0.25) is 0 Å². The first kappa shape index (κ1) is 14.6. The van der Waals surface area contributed by atoms with Gasteiger partial charge in [-0.25, -0.2) is 0 Å². The highest BCUT2D eigenvalue weighted by molar-refractivity contribution is 4.75. The van der Waals surface area contributed by atoms with Crippen LogP contribution < -0.4 is 0 Å². The van der Waals surface area contributed by atoms with Gasteiger partial charge in [0.2, 0.25) is 0 Å². The molecule has 0 N–H and O–H groups in total. The van der Waals surface area contributed by atoms with Crippen LogP contribution in [0.15, 0.2) is 0 Å². The van der Waals surface area contributed by atoms with E-state index in [4.69, 9.17) is 9.47 Å². The van der Waals surface area contributed by atoms with Crippen molar-refractivity contribution >= 4 is 0 Å². The summed E-state index contributed by atoms with van der Waals surface area (Å²) in [6.07, 6.45) is -5.02. The lowest BCUT2D eigenvalue weighted by atomic mass is 10.2. The van der Waals surface area contributed by atoms with Crippen LogP contribution >= 0.6 is 0 Å². The number of alkyl halides is 5. The largest absolute Gasteiger partial charge is 0.453 e. The van der Waals surface area contributed by atoms with Crippen molar-refractivity contribution in [1.82, 2.24) is 0 Å². The maximum Gasteiger partial charge on any atom is 0.453 e. The molecule has 0 aliphatic carbocycles. The summed E-state index contributed by atoms with van der Waals surface area (Å²) in [6, 6.07) is 0. The summed E-state index contributed by atoms with van der Waals surface area (Å²) in [6.45, 7) is 0.402. The summed E-state index contributed by atoms with van der Waals surface area (Å²) in [4.78, 5) is 0. The fourth-order valence-corrected chi connectivity index (χ4v) is 1.49. The zero-order chi connectivity index (χ0) is 12.9. The first-order valence-electron chi connectivity index (χ1n) is 5.51. The van der Waals surface area contributed by atoms with Crippen molar-refractivity contribution in [2.45, 2.75) is 50.5 Å². The molecule has 0 spiro atoms. The lowest BCUT2D eigenvalue weighted by Gasteiger charge is -2.23. The quantitative estimate of drug-likeness (QED) is 0.557. The van der Waals surface area contributed by atoms with Crippen molar-refractivity contribution < 1.29 is 31.4 Å². The van der Waals surface area contributed by atoms with Crippen LogP contribution in [0.2, 0.25) is 0 Å². The molecule has 0 aromatic carbocycles. The minimum atomic E-state index is -5.48. The third-order valence-electron chi connectivity index (χ3n) is 2.49. The number of halogens is 5. The van der Waals surface area contributed by atoms with E-state index < -0.39 is 24.8 Å². The Bertz CT molecular complexity index is 223. The molecule has 17 heavy (non-hydrogen) atoms. The smallest absolute Gasteiger partial charge is 0.353 e. The monoisotopic (exact) mass is 262 g/mol. The van der Waals surface area contributed by atoms with Gasteiger partial charge >= 0.3 is 12.1 Å². The normalized spacial score (nSPS) is 22.8. The Morgan fingerprint density at radius 3 is 2.35 bits per heavy atom. The van der Waals surface area contributed by atoms with Gasteiger partial charge in [-0.05, 0) is 25.7 Å². The average Bonchev–Trinajstić information content (AvgIpc) is 2.24. The van der Waals surface area contributed by atoms with Gasteiger partial charge in [0.1, 0.15) is 0 Å². The van der Waals surface area contributed by atoms with E-state index in [9.17, 15) is 22.0 Å². The summed E-state index contributed by atoms with van der Waals surface area (Å²) in [7, 11) is 0. The van der Waals surface area contributed by atoms with Gasteiger partial charge in [-0.1, -0.05) is 0 Å². The fraction of sp³-hybridized carbons (Fsp3) is 1.00. The second-order valence-electron chi connectivity index (χ2n) is 3.97. The molecule has 0 aromatic heterocycles. The molecular weight excluding hydrogens is 247 g/mol. The molecule has 7 heteroatoms.